The highest BCUT2D eigenvalue weighted by Gasteiger charge is 2.30. The molecule has 0 aliphatic carbocycles. The van der Waals surface area contributed by atoms with Gasteiger partial charge in [-0.25, -0.2) is 9.78 Å². The zero-order valence-electron chi connectivity index (χ0n) is 17.7. The quantitative estimate of drug-likeness (QED) is 0.376. The van der Waals surface area contributed by atoms with E-state index >= 15 is 0 Å². The van der Waals surface area contributed by atoms with Crippen molar-refractivity contribution in [1.29, 1.82) is 0 Å². The Balaban J connectivity index is 1.34. The minimum absolute atomic E-state index is 0.0292. The van der Waals surface area contributed by atoms with Crippen LogP contribution in [0.4, 0.5) is 22.0 Å². The summed E-state index contributed by atoms with van der Waals surface area (Å²) in [6.45, 7) is 0.476. The van der Waals surface area contributed by atoms with Crippen molar-refractivity contribution in [2.24, 2.45) is 0 Å². The Morgan fingerprint density at radius 1 is 0.848 bits per heavy atom. The van der Waals surface area contributed by atoms with Crippen molar-refractivity contribution in [2.75, 3.05) is 22.5 Å². The molecule has 2 aromatic heterocycles. The second-order valence-corrected chi connectivity index (χ2v) is 7.73. The number of para-hydroxylation sites is 1. The van der Waals surface area contributed by atoms with Gasteiger partial charge in [-0.05, 0) is 36.4 Å². The molecule has 1 unspecified atom stereocenters. The molecular formula is C26H21N5O2. The van der Waals surface area contributed by atoms with E-state index in [9.17, 15) is 9.59 Å². The van der Waals surface area contributed by atoms with Gasteiger partial charge < -0.3 is 16.0 Å². The summed E-state index contributed by atoms with van der Waals surface area (Å²) in [5, 5.41) is 8.79. The normalized spacial score (nSPS) is 14.1. The zero-order chi connectivity index (χ0) is 22.6. The van der Waals surface area contributed by atoms with Crippen molar-refractivity contribution in [3.63, 3.8) is 0 Å². The van der Waals surface area contributed by atoms with Crippen LogP contribution in [0, 0.1) is 0 Å². The van der Waals surface area contributed by atoms with E-state index in [0.717, 1.165) is 22.5 Å². The first-order chi connectivity index (χ1) is 16.2. The lowest BCUT2D eigenvalue weighted by Crippen LogP contribution is -2.20. The lowest BCUT2D eigenvalue weighted by Gasteiger charge is -2.12. The standard InChI is InChI=1S/C26H21N5O2/c32-24(17-6-4-10-21(12-17)31-26(33)30-20-8-2-1-3-9-20)23-16-29-25-22(23)13-19(15-28-25)18-7-5-11-27-14-18/h1-15,23H,16H2,(H,28,29)(H2,30,31,33). The summed E-state index contributed by atoms with van der Waals surface area (Å²) in [6.07, 6.45) is 5.28. The van der Waals surface area contributed by atoms with Gasteiger partial charge in [0.1, 0.15) is 5.82 Å². The molecule has 0 saturated carbocycles. The van der Waals surface area contributed by atoms with Crippen LogP contribution in [0.2, 0.25) is 0 Å². The van der Waals surface area contributed by atoms with Crippen molar-refractivity contribution in [3.05, 3.63) is 103 Å². The monoisotopic (exact) mass is 435 g/mol. The molecule has 2 amide bonds. The Morgan fingerprint density at radius 3 is 2.48 bits per heavy atom. The molecule has 0 spiro atoms. The van der Waals surface area contributed by atoms with E-state index in [4.69, 9.17) is 0 Å². The predicted molar refractivity (Wildman–Crippen MR) is 129 cm³/mol. The first-order valence-electron chi connectivity index (χ1n) is 10.6. The van der Waals surface area contributed by atoms with Gasteiger partial charge in [-0.2, -0.15) is 0 Å². The van der Waals surface area contributed by atoms with Crippen LogP contribution in [0.1, 0.15) is 21.8 Å². The fraction of sp³-hybridized carbons (Fsp3) is 0.0769. The number of carbonyl (C=O) groups is 2. The van der Waals surface area contributed by atoms with E-state index in [0.29, 0.717) is 23.5 Å². The number of Topliss-reactive ketones (excluding diaryl/α,β-unsaturated/α-hetero) is 1. The minimum Gasteiger partial charge on any atom is -0.369 e. The molecule has 7 nitrogen and oxygen atoms in total. The molecule has 2 aromatic carbocycles. The number of carbonyl (C=O) groups excluding carboxylic acids is 2. The zero-order valence-corrected chi connectivity index (χ0v) is 17.7. The number of ketones is 1. The third-order valence-electron chi connectivity index (χ3n) is 5.51. The Hall–Kier alpha value is -4.52. The SMILES string of the molecule is O=C(Nc1ccccc1)Nc1cccc(C(=O)C2CNc3ncc(-c4cccnc4)cc32)c1. The third-order valence-corrected chi connectivity index (χ3v) is 5.51. The summed E-state index contributed by atoms with van der Waals surface area (Å²) < 4.78 is 0. The fourth-order valence-electron chi connectivity index (χ4n) is 3.90. The van der Waals surface area contributed by atoms with Gasteiger partial charge >= 0.3 is 6.03 Å². The van der Waals surface area contributed by atoms with Gasteiger partial charge in [0, 0.05) is 58.8 Å². The highest BCUT2D eigenvalue weighted by atomic mass is 16.2. The molecule has 0 bridgehead atoms. The molecule has 33 heavy (non-hydrogen) atoms. The van der Waals surface area contributed by atoms with E-state index in [1.165, 1.54) is 0 Å². The molecule has 1 aliphatic rings. The molecule has 3 heterocycles. The van der Waals surface area contributed by atoms with Crippen LogP contribution in [0.25, 0.3) is 11.1 Å². The maximum absolute atomic E-state index is 13.4. The molecule has 4 aromatic rings. The lowest BCUT2D eigenvalue weighted by molar-refractivity contribution is 0.0966. The van der Waals surface area contributed by atoms with Crippen LogP contribution < -0.4 is 16.0 Å². The average molecular weight is 435 g/mol. The van der Waals surface area contributed by atoms with Crippen molar-refractivity contribution < 1.29 is 9.59 Å². The predicted octanol–water partition coefficient (Wildman–Crippen LogP) is 5.18. The maximum atomic E-state index is 13.4. The summed E-state index contributed by atoms with van der Waals surface area (Å²) in [6, 6.07) is 21.6. The summed E-state index contributed by atoms with van der Waals surface area (Å²) in [5.41, 5.74) is 4.48. The van der Waals surface area contributed by atoms with Gasteiger partial charge in [0.05, 0.1) is 5.92 Å². The number of benzene rings is 2. The van der Waals surface area contributed by atoms with Crippen LogP contribution >= 0.6 is 0 Å². The highest BCUT2D eigenvalue weighted by Crippen LogP contribution is 2.35. The minimum atomic E-state index is -0.371. The first kappa shape index (κ1) is 20.4. The van der Waals surface area contributed by atoms with Gasteiger partial charge in [0.25, 0.3) is 0 Å². The van der Waals surface area contributed by atoms with E-state index in [1.54, 1.807) is 55.0 Å². The largest absolute Gasteiger partial charge is 0.369 e. The molecule has 0 radical (unpaired) electrons. The number of fused-ring (bicyclic) bond motifs is 1. The number of rotatable bonds is 5. The topological polar surface area (TPSA) is 96.0 Å². The number of aromatic nitrogens is 2. The first-order valence-corrected chi connectivity index (χ1v) is 10.6. The van der Waals surface area contributed by atoms with Gasteiger partial charge in [0.2, 0.25) is 0 Å². The van der Waals surface area contributed by atoms with Crippen molar-refractivity contribution >= 4 is 29.0 Å². The number of amides is 2. The number of hydrogen-bond acceptors (Lipinski definition) is 5. The van der Waals surface area contributed by atoms with Crippen LogP contribution in [0.3, 0.4) is 0 Å². The molecular weight excluding hydrogens is 414 g/mol. The third kappa shape index (κ3) is 4.43. The van der Waals surface area contributed by atoms with Gasteiger partial charge in [-0.15, -0.1) is 0 Å². The lowest BCUT2D eigenvalue weighted by atomic mass is 9.92. The van der Waals surface area contributed by atoms with Crippen LogP contribution in [-0.2, 0) is 0 Å². The highest BCUT2D eigenvalue weighted by molar-refractivity contribution is 6.05. The van der Waals surface area contributed by atoms with Gasteiger partial charge in [0.15, 0.2) is 5.78 Å². The molecule has 5 rings (SSSR count). The number of nitrogens with one attached hydrogen (secondary N) is 3. The van der Waals surface area contributed by atoms with Crippen LogP contribution in [0.15, 0.2) is 91.4 Å². The van der Waals surface area contributed by atoms with E-state index in [2.05, 4.69) is 25.9 Å². The average Bonchev–Trinajstić information content (AvgIpc) is 3.28. The number of hydrogen-bond donors (Lipinski definition) is 3. The molecule has 3 N–H and O–H groups in total. The second-order valence-electron chi connectivity index (χ2n) is 7.73. The van der Waals surface area contributed by atoms with Crippen LogP contribution in [-0.4, -0.2) is 28.3 Å². The fourth-order valence-corrected chi connectivity index (χ4v) is 3.90. The Labute approximate surface area is 190 Å². The van der Waals surface area contributed by atoms with Crippen molar-refractivity contribution in [1.82, 2.24) is 9.97 Å². The van der Waals surface area contributed by atoms with E-state index in [-0.39, 0.29) is 17.7 Å². The molecule has 0 fully saturated rings. The van der Waals surface area contributed by atoms with Gasteiger partial charge in [-0.1, -0.05) is 36.4 Å². The second kappa shape index (κ2) is 8.92. The van der Waals surface area contributed by atoms with Crippen molar-refractivity contribution in [3.8, 4) is 11.1 Å². The number of urea groups is 1. The number of nitrogens with zero attached hydrogens (tertiary/aromatic N) is 2. The summed E-state index contributed by atoms with van der Waals surface area (Å²) in [5.74, 6) is 0.327. The van der Waals surface area contributed by atoms with E-state index < -0.39 is 0 Å². The molecule has 1 atom stereocenters. The molecule has 7 heteroatoms. The summed E-state index contributed by atoms with van der Waals surface area (Å²) >= 11 is 0. The maximum Gasteiger partial charge on any atom is 0.323 e. The summed E-state index contributed by atoms with van der Waals surface area (Å²) in [7, 11) is 0. The van der Waals surface area contributed by atoms with Crippen LogP contribution in [0.5, 0.6) is 0 Å². The van der Waals surface area contributed by atoms with E-state index in [1.807, 2.05) is 36.4 Å². The Morgan fingerprint density at radius 2 is 1.67 bits per heavy atom. The summed E-state index contributed by atoms with van der Waals surface area (Å²) in [4.78, 5) is 34.4. The Bertz CT molecular complexity index is 1310. The molecule has 162 valence electrons. The van der Waals surface area contributed by atoms with Crippen molar-refractivity contribution in [2.45, 2.75) is 5.92 Å². The smallest absolute Gasteiger partial charge is 0.323 e. The molecule has 0 saturated heterocycles. The Kier molecular flexibility index (Phi) is 5.51. The molecule has 1 aliphatic heterocycles. The number of pyridine rings is 2. The number of anilines is 3. The van der Waals surface area contributed by atoms with Gasteiger partial charge in [-0.3, -0.25) is 9.78 Å².